The van der Waals surface area contributed by atoms with E-state index in [9.17, 15) is 4.39 Å². The molecule has 0 bridgehead atoms. The van der Waals surface area contributed by atoms with E-state index in [1.807, 2.05) is 0 Å². The summed E-state index contributed by atoms with van der Waals surface area (Å²) >= 11 is 0. The number of hydrogen-bond acceptors (Lipinski definition) is 4. The molecule has 5 heteroatoms. The van der Waals surface area contributed by atoms with E-state index in [-0.39, 0.29) is 17.9 Å². The molecule has 1 aromatic heterocycles. The van der Waals surface area contributed by atoms with Crippen molar-refractivity contribution in [3.05, 3.63) is 30.3 Å². The Bertz CT molecular complexity index is 497. The molecule has 1 aromatic carbocycles. The lowest BCUT2D eigenvalue weighted by atomic mass is 10.2. The molecule has 0 aliphatic heterocycles. The van der Waals surface area contributed by atoms with Crippen molar-refractivity contribution in [1.29, 1.82) is 0 Å². The summed E-state index contributed by atoms with van der Waals surface area (Å²) in [5.41, 5.74) is 0.482. The zero-order valence-electron chi connectivity index (χ0n) is 8.72. The van der Waals surface area contributed by atoms with Gasteiger partial charge >= 0.3 is 0 Å². The van der Waals surface area contributed by atoms with E-state index in [0.717, 1.165) is 0 Å². The summed E-state index contributed by atoms with van der Waals surface area (Å²) in [5, 5.41) is 9.33. The molecule has 0 amide bonds. The van der Waals surface area contributed by atoms with Gasteiger partial charge in [0, 0.05) is 0 Å². The number of aliphatic hydroxyl groups excluding tert-OH is 1. The van der Waals surface area contributed by atoms with Crippen LogP contribution in [0.4, 0.5) is 4.39 Å². The molecule has 1 heterocycles. The SMILES string of the molecule is C[C@H](O)COc1ncnc2cccc(F)c12. The fourth-order valence-electron chi connectivity index (χ4n) is 1.35. The lowest BCUT2D eigenvalue weighted by Gasteiger charge is -2.09. The van der Waals surface area contributed by atoms with E-state index >= 15 is 0 Å². The van der Waals surface area contributed by atoms with Gasteiger partial charge in [0.2, 0.25) is 5.88 Å². The number of fused-ring (bicyclic) bond motifs is 1. The number of ether oxygens (including phenoxy) is 1. The third-order valence-electron chi connectivity index (χ3n) is 2.04. The molecule has 16 heavy (non-hydrogen) atoms. The maximum Gasteiger partial charge on any atom is 0.227 e. The molecule has 2 aromatic rings. The van der Waals surface area contributed by atoms with Crippen molar-refractivity contribution in [2.45, 2.75) is 13.0 Å². The quantitative estimate of drug-likeness (QED) is 0.855. The van der Waals surface area contributed by atoms with E-state index in [2.05, 4.69) is 9.97 Å². The van der Waals surface area contributed by atoms with Crippen LogP contribution in [0.5, 0.6) is 5.88 Å². The third kappa shape index (κ3) is 2.09. The lowest BCUT2D eigenvalue weighted by Crippen LogP contribution is -2.13. The van der Waals surface area contributed by atoms with Gasteiger partial charge in [0.25, 0.3) is 0 Å². The highest BCUT2D eigenvalue weighted by molar-refractivity contribution is 5.83. The van der Waals surface area contributed by atoms with E-state index < -0.39 is 11.9 Å². The van der Waals surface area contributed by atoms with Crippen LogP contribution in [0.15, 0.2) is 24.5 Å². The highest BCUT2D eigenvalue weighted by atomic mass is 19.1. The van der Waals surface area contributed by atoms with Crippen LogP contribution in [0.2, 0.25) is 0 Å². The van der Waals surface area contributed by atoms with E-state index in [1.165, 1.54) is 12.4 Å². The zero-order valence-corrected chi connectivity index (χ0v) is 8.72. The van der Waals surface area contributed by atoms with Crippen LogP contribution < -0.4 is 4.74 Å². The Morgan fingerprint density at radius 2 is 2.25 bits per heavy atom. The van der Waals surface area contributed by atoms with Crippen LogP contribution in [0.25, 0.3) is 10.9 Å². The number of benzene rings is 1. The standard InChI is InChI=1S/C11H11FN2O2/c1-7(15)5-16-11-10-8(12)3-2-4-9(10)13-6-14-11/h2-4,6-7,15H,5H2,1H3/t7-/m0/s1. The second-order valence-electron chi connectivity index (χ2n) is 3.47. The first-order valence-electron chi connectivity index (χ1n) is 4.88. The topological polar surface area (TPSA) is 55.2 Å². The van der Waals surface area contributed by atoms with Crippen LogP contribution in [0, 0.1) is 5.82 Å². The van der Waals surface area contributed by atoms with Crippen LogP contribution >= 0.6 is 0 Å². The number of halogens is 1. The lowest BCUT2D eigenvalue weighted by molar-refractivity contribution is 0.120. The minimum Gasteiger partial charge on any atom is -0.474 e. The molecule has 84 valence electrons. The van der Waals surface area contributed by atoms with Crippen molar-refractivity contribution in [3.8, 4) is 5.88 Å². The molecule has 0 fully saturated rings. The summed E-state index contributed by atoms with van der Waals surface area (Å²) in [6, 6.07) is 4.57. The summed E-state index contributed by atoms with van der Waals surface area (Å²) in [5.74, 6) is -0.275. The predicted octanol–water partition coefficient (Wildman–Crippen LogP) is 1.53. The second-order valence-corrected chi connectivity index (χ2v) is 3.47. The molecule has 1 N–H and O–H groups in total. The van der Waals surface area contributed by atoms with Crippen molar-refractivity contribution in [1.82, 2.24) is 9.97 Å². The normalized spacial score (nSPS) is 12.7. The number of aliphatic hydroxyl groups is 1. The van der Waals surface area contributed by atoms with Gasteiger partial charge in [-0.05, 0) is 19.1 Å². The van der Waals surface area contributed by atoms with Gasteiger partial charge in [0.1, 0.15) is 18.8 Å². The van der Waals surface area contributed by atoms with Gasteiger partial charge in [-0.3, -0.25) is 0 Å². The van der Waals surface area contributed by atoms with E-state index in [0.29, 0.717) is 5.52 Å². The Morgan fingerprint density at radius 3 is 3.00 bits per heavy atom. The number of hydrogen-bond donors (Lipinski definition) is 1. The summed E-state index contributed by atoms with van der Waals surface area (Å²) in [7, 11) is 0. The number of nitrogens with zero attached hydrogens (tertiary/aromatic N) is 2. The van der Waals surface area contributed by atoms with Gasteiger partial charge < -0.3 is 9.84 Å². The zero-order chi connectivity index (χ0) is 11.5. The number of rotatable bonds is 3. The molecule has 4 nitrogen and oxygen atoms in total. The van der Waals surface area contributed by atoms with Crippen molar-refractivity contribution >= 4 is 10.9 Å². The molecule has 0 saturated heterocycles. The molecule has 1 atom stereocenters. The smallest absolute Gasteiger partial charge is 0.227 e. The Labute approximate surface area is 91.7 Å². The summed E-state index contributed by atoms with van der Waals surface area (Å²) < 4.78 is 18.8. The van der Waals surface area contributed by atoms with Crippen molar-refractivity contribution in [2.75, 3.05) is 6.61 Å². The first-order valence-corrected chi connectivity index (χ1v) is 4.88. The molecule has 0 aliphatic carbocycles. The first kappa shape index (κ1) is 10.8. The molecule has 0 saturated carbocycles. The van der Waals surface area contributed by atoms with Gasteiger partial charge in [0.05, 0.1) is 17.0 Å². The average molecular weight is 222 g/mol. The van der Waals surface area contributed by atoms with Gasteiger partial charge in [0.15, 0.2) is 0 Å². The minimum atomic E-state index is -0.628. The molecular formula is C11H11FN2O2. The fourth-order valence-corrected chi connectivity index (χ4v) is 1.35. The molecule has 0 spiro atoms. The molecule has 0 aliphatic rings. The van der Waals surface area contributed by atoms with Crippen LogP contribution in [-0.2, 0) is 0 Å². The minimum absolute atomic E-state index is 0.0699. The average Bonchev–Trinajstić information content (AvgIpc) is 2.26. The van der Waals surface area contributed by atoms with E-state index in [4.69, 9.17) is 9.84 Å². The van der Waals surface area contributed by atoms with Gasteiger partial charge in [-0.2, -0.15) is 0 Å². The van der Waals surface area contributed by atoms with Crippen LogP contribution in [0.1, 0.15) is 6.92 Å². The summed E-state index contributed by atoms with van der Waals surface area (Å²) in [4.78, 5) is 7.79. The van der Waals surface area contributed by atoms with Crippen molar-refractivity contribution in [3.63, 3.8) is 0 Å². The maximum atomic E-state index is 13.5. The first-order chi connectivity index (χ1) is 7.68. The van der Waals surface area contributed by atoms with Gasteiger partial charge in [-0.25, -0.2) is 14.4 Å². The molecule has 0 unspecified atom stereocenters. The highest BCUT2D eigenvalue weighted by Crippen LogP contribution is 2.23. The summed E-state index contributed by atoms with van der Waals surface area (Å²) in [6.07, 6.45) is 0.677. The third-order valence-corrected chi connectivity index (χ3v) is 2.04. The molecule has 2 rings (SSSR count). The largest absolute Gasteiger partial charge is 0.474 e. The Hall–Kier alpha value is -1.75. The van der Waals surface area contributed by atoms with Gasteiger partial charge in [-0.1, -0.05) is 6.07 Å². The summed E-state index contributed by atoms with van der Waals surface area (Å²) in [6.45, 7) is 1.65. The Balaban J connectivity index is 2.44. The predicted molar refractivity (Wildman–Crippen MR) is 56.7 cm³/mol. The number of aromatic nitrogens is 2. The molecular weight excluding hydrogens is 211 g/mol. The van der Waals surface area contributed by atoms with Crippen LogP contribution in [-0.4, -0.2) is 27.8 Å². The Morgan fingerprint density at radius 1 is 1.44 bits per heavy atom. The molecule has 0 radical (unpaired) electrons. The maximum absolute atomic E-state index is 13.5. The van der Waals surface area contributed by atoms with Crippen molar-refractivity contribution in [2.24, 2.45) is 0 Å². The second kappa shape index (κ2) is 4.40. The van der Waals surface area contributed by atoms with Crippen molar-refractivity contribution < 1.29 is 14.2 Å². The monoisotopic (exact) mass is 222 g/mol. The highest BCUT2D eigenvalue weighted by Gasteiger charge is 2.10. The van der Waals surface area contributed by atoms with Gasteiger partial charge in [-0.15, -0.1) is 0 Å². The Kier molecular flexibility index (Phi) is 2.96. The fraction of sp³-hybridized carbons (Fsp3) is 0.273. The van der Waals surface area contributed by atoms with Crippen LogP contribution in [0.3, 0.4) is 0 Å². The van der Waals surface area contributed by atoms with E-state index in [1.54, 1.807) is 19.1 Å².